The zero-order valence-corrected chi connectivity index (χ0v) is 11.2. The molecule has 2 rings (SSSR count). The van der Waals surface area contributed by atoms with Crippen LogP contribution in [0.5, 0.6) is 0 Å². The molecule has 21 heavy (non-hydrogen) atoms. The third-order valence-electron chi connectivity index (χ3n) is 3.17. The van der Waals surface area contributed by atoms with Crippen LogP contribution in [0.15, 0.2) is 18.2 Å². The third kappa shape index (κ3) is 3.69. The van der Waals surface area contributed by atoms with Crippen molar-refractivity contribution in [2.75, 3.05) is 11.9 Å². The van der Waals surface area contributed by atoms with Crippen LogP contribution in [0.25, 0.3) is 0 Å². The minimum absolute atomic E-state index is 0.0732. The number of hydrogen-bond donors (Lipinski definition) is 2. The van der Waals surface area contributed by atoms with Crippen LogP contribution in [0.2, 0.25) is 0 Å². The molecule has 0 bridgehead atoms. The lowest BCUT2D eigenvalue weighted by Crippen LogP contribution is -2.37. The van der Waals surface area contributed by atoms with Crippen molar-refractivity contribution in [1.29, 1.82) is 5.26 Å². The summed E-state index contributed by atoms with van der Waals surface area (Å²) in [6.07, 6.45) is 1.91. The van der Waals surface area contributed by atoms with E-state index >= 15 is 0 Å². The number of urea groups is 1. The first-order valence-corrected chi connectivity index (χ1v) is 6.50. The second-order valence-electron chi connectivity index (χ2n) is 4.76. The number of aromatic carboxylic acids is 1. The van der Waals surface area contributed by atoms with E-state index < -0.39 is 17.8 Å². The lowest BCUT2D eigenvalue weighted by atomic mass is 10.2. The van der Waals surface area contributed by atoms with E-state index in [1.165, 1.54) is 4.90 Å². The molecule has 1 aromatic rings. The van der Waals surface area contributed by atoms with Crippen LogP contribution in [-0.4, -0.2) is 34.6 Å². The van der Waals surface area contributed by atoms with Crippen molar-refractivity contribution < 1.29 is 19.1 Å². The van der Waals surface area contributed by atoms with Gasteiger partial charge in [0.25, 0.3) is 0 Å². The molecule has 1 aliphatic carbocycles. The number of carboxylic acid groups (broad SMARTS) is 1. The van der Waals surface area contributed by atoms with Crippen LogP contribution in [0.3, 0.4) is 0 Å². The molecule has 6 nitrogen and oxygen atoms in total. The van der Waals surface area contributed by atoms with E-state index in [1.54, 1.807) is 0 Å². The van der Waals surface area contributed by atoms with Crippen molar-refractivity contribution in [3.8, 4) is 6.07 Å². The van der Waals surface area contributed by atoms with E-state index in [2.05, 4.69) is 5.32 Å². The van der Waals surface area contributed by atoms with E-state index in [-0.39, 0.29) is 30.3 Å². The van der Waals surface area contributed by atoms with Gasteiger partial charge in [0, 0.05) is 12.6 Å². The predicted octanol–water partition coefficient (Wildman–Crippen LogP) is 2.43. The molecule has 2 N–H and O–H groups in total. The normalized spacial score (nSPS) is 13.3. The number of benzene rings is 1. The van der Waals surface area contributed by atoms with Crippen molar-refractivity contribution in [3.05, 3.63) is 29.6 Å². The number of anilines is 1. The lowest BCUT2D eigenvalue weighted by molar-refractivity contribution is 0.0697. The number of amides is 2. The quantitative estimate of drug-likeness (QED) is 0.871. The Bertz CT molecular complexity index is 608. The summed E-state index contributed by atoms with van der Waals surface area (Å²) in [7, 11) is 0. The van der Waals surface area contributed by atoms with E-state index in [9.17, 15) is 14.0 Å². The second kappa shape index (κ2) is 6.22. The Kier molecular flexibility index (Phi) is 4.38. The molecular weight excluding hydrogens is 277 g/mol. The maximum absolute atomic E-state index is 13.6. The molecule has 1 aliphatic rings. The Balaban J connectivity index is 2.12. The molecule has 0 heterocycles. The first-order valence-electron chi connectivity index (χ1n) is 6.50. The van der Waals surface area contributed by atoms with Gasteiger partial charge in [0.15, 0.2) is 0 Å². The van der Waals surface area contributed by atoms with Gasteiger partial charge in [-0.3, -0.25) is 0 Å². The summed E-state index contributed by atoms with van der Waals surface area (Å²) in [6.45, 7) is 0.271. The molecule has 0 aliphatic heterocycles. The third-order valence-corrected chi connectivity index (χ3v) is 3.17. The van der Waals surface area contributed by atoms with Crippen molar-refractivity contribution in [2.24, 2.45) is 0 Å². The average molecular weight is 291 g/mol. The van der Waals surface area contributed by atoms with E-state index in [0.29, 0.717) is 0 Å². The molecule has 1 fully saturated rings. The Labute approximate surface area is 120 Å². The van der Waals surface area contributed by atoms with Gasteiger partial charge in [0.2, 0.25) is 0 Å². The zero-order chi connectivity index (χ0) is 15.4. The van der Waals surface area contributed by atoms with Crippen molar-refractivity contribution in [2.45, 2.75) is 25.3 Å². The lowest BCUT2D eigenvalue weighted by Gasteiger charge is -2.21. The van der Waals surface area contributed by atoms with Crippen molar-refractivity contribution in [1.82, 2.24) is 4.90 Å². The number of nitrogens with one attached hydrogen (secondary N) is 1. The van der Waals surface area contributed by atoms with Crippen molar-refractivity contribution >= 4 is 17.7 Å². The Morgan fingerprint density at radius 3 is 2.76 bits per heavy atom. The van der Waals surface area contributed by atoms with Crippen LogP contribution >= 0.6 is 0 Å². The molecule has 0 unspecified atom stereocenters. The first-order chi connectivity index (χ1) is 10.0. The van der Waals surface area contributed by atoms with Gasteiger partial charge >= 0.3 is 12.0 Å². The molecule has 2 amide bonds. The Hall–Kier alpha value is -2.62. The molecule has 110 valence electrons. The van der Waals surface area contributed by atoms with Crippen LogP contribution in [0.1, 0.15) is 29.6 Å². The van der Waals surface area contributed by atoms with E-state index in [0.717, 1.165) is 31.0 Å². The molecule has 0 atom stereocenters. The molecule has 7 heteroatoms. The smallest absolute Gasteiger partial charge is 0.335 e. The van der Waals surface area contributed by atoms with Gasteiger partial charge in [-0.25, -0.2) is 14.0 Å². The number of nitrogens with zero attached hydrogens (tertiary/aromatic N) is 2. The predicted molar refractivity (Wildman–Crippen MR) is 72.3 cm³/mol. The topological polar surface area (TPSA) is 93.4 Å². The highest BCUT2D eigenvalue weighted by atomic mass is 19.1. The highest BCUT2D eigenvalue weighted by Crippen LogP contribution is 2.28. The highest BCUT2D eigenvalue weighted by molar-refractivity contribution is 5.93. The fourth-order valence-electron chi connectivity index (χ4n) is 1.95. The van der Waals surface area contributed by atoms with Crippen molar-refractivity contribution in [3.63, 3.8) is 0 Å². The monoisotopic (exact) mass is 291 g/mol. The maximum Gasteiger partial charge on any atom is 0.335 e. The van der Waals surface area contributed by atoms with Crippen LogP contribution in [0, 0.1) is 17.1 Å². The number of carbonyl (C=O) groups is 2. The number of hydrogen-bond acceptors (Lipinski definition) is 3. The Morgan fingerprint density at radius 2 is 2.19 bits per heavy atom. The maximum atomic E-state index is 13.6. The van der Waals surface area contributed by atoms with Gasteiger partial charge < -0.3 is 15.3 Å². The summed E-state index contributed by atoms with van der Waals surface area (Å²) in [5.74, 6) is -1.90. The number of carbonyl (C=O) groups excluding carboxylic acids is 1. The van der Waals surface area contributed by atoms with E-state index in [1.807, 2.05) is 6.07 Å². The van der Waals surface area contributed by atoms with E-state index in [4.69, 9.17) is 10.4 Å². The minimum Gasteiger partial charge on any atom is -0.478 e. The molecular formula is C14H14FN3O3. The SMILES string of the molecule is N#CCCN(C(=O)Nc1cc(C(=O)O)ccc1F)C1CC1. The largest absolute Gasteiger partial charge is 0.478 e. The molecule has 1 saturated carbocycles. The number of nitriles is 1. The number of rotatable bonds is 5. The number of halogens is 1. The van der Waals surface area contributed by atoms with Gasteiger partial charge in [-0.2, -0.15) is 5.26 Å². The van der Waals surface area contributed by atoms with Gasteiger partial charge in [-0.1, -0.05) is 0 Å². The fourth-order valence-corrected chi connectivity index (χ4v) is 1.95. The van der Waals surface area contributed by atoms with Gasteiger partial charge in [-0.05, 0) is 31.0 Å². The summed E-state index contributed by atoms with van der Waals surface area (Å²) in [4.78, 5) is 24.5. The summed E-state index contributed by atoms with van der Waals surface area (Å²) in [6, 6.07) is 4.71. The molecule has 0 aromatic heterocycles. The van der Waals surface area contributed by atoms with Crippen LogP contribution < -0.4 is 5.32 Å². The minimum atomic E-state index is -1.20. The summed E-state index contributed by atoms with van der Waals surface area (Å²) in [5.41, 5.74) is -0.288. The second-order valence-corrected chi connectivity index (χ2v) is 4.76. The zero-order valence-electron chi connectivity index (χ0n) is 11.2. The fraction of sp³-hybridized carbons (Fsp3) is 0.357. The summed E-state index contributed by atoms with van der Waals surface area (Å²) < 4.78 is 13.6. The van der Waals surface area contributed by atoms with Gasteiger partial charge in [-0.15, -0.1) is 0 Å². The van der Waals surface area contributed by atoms with Crippen LogP contribution in [-0.2, 0) is 0 Å². The van der Waals surface area contributed by atoms with Gasteiger partial charge in [0.05, 0.1) is 23.7 Å². The molecule has 1 aromatic carbocycles. The Morgan fingerprint density at radius 1 is 1.48 bits per heavy atom. The number of carboxylic acids is 1. The standard InChI is InChI=1S/C14H14FN3O3/c15-11-5-2-9(13(19)20)8-12(11)17-14(21)18(7-1-6-16)10-3-4-10/h2,5,8,10H,1,3-4,7H2,(H,17,21)(H,19,20). The van der Waals surface area contributed by atoms with Gasteiger partial charge in [0.1, 0.15) is 5.82 Å². The summed E-state index contributed by atoms with van der Waals surface area (Å²) >= 11 is 0. The molecule has 0 saturated heterocycles. The molecule has 0 radical (unpaired) electrons. The first kappa shape index (κ1) is 14.8. The van der Waals surface area contributed by atoms with Crippen LogP contribution in [0.4, 0.5) is 14.9 Å². The average Bonchev–Trinajstić information content (AvgIpc) is 3.26. The highest BCUT2D eigenvalue weighted by Gasteiger charge is 2.32. The summed E-state index contributed by atoms with van der Waals surface area (Å²) in [5, 5.41) is 19.8. The molecule has 0 spiro atoms.